The molecule has 0 saturated carbocycles. The maximum absolute atomic E-state index is 12.4. The minimum Gasteiger partial charge on any atom is -0.459 e. The lowest BCUT2D eigenvalue weighted by molar-refractivity contribution is -0.186. The maximum Gasteiger partial charge on any atom is 0.341 e. The van der Waals surface area contributed by atoms with Gasteiger partial charge in [-0.25, -0.2) is 4.79 Å². The van der Waals surface area contributed by atoms with Gasteiger partial charge in [0.15, 0.2) is 5.60 Å². The van der Waals surface area contributed by atoms with Crippen LogP contribution in [0, 0.1) is 5.92 Å². The topological polar surface area (TPSA) is 59.0 Å². The van der Waals surface area contributed by atoms with Crippen LogP contribution in [0.15, 0.2) is 11.6 Å². The van der Waals surface area contributed by atoms with Crippen molar-refractivity contribution in [2.75, 3.05) is 26.8 Å². The average Bonchev–Trinajstić information content (AvgIpc) is 3.06. The summed E-state index contributed by atoms with van der Waals surface area (Å²) in [5.41, 5.74) is -0.444. The number of aliphatic hydroxyl groups is 1. The fraction of sp³-hybridized carbons (Fsp3) is 0.812. The first kappa shape index (κ1) is 16.5. The van der Waals surface area contributed by atoms with Crippen LogP contribution in [-0.4, -0.2) is 60.5 Å². The second-order valence-electron chi connectivity index (χ2n) is 6.37. The van der Waals surface area contributed by atoms with Crippen LogP contribution < -0.4 is 0 Å². The van der Waals surface area contributed by atoms with Crippen LogP contribution in [0.2, 0.25) is 0 Å². The molecule has 2 aliphatic heterocycles. The van der Waals surface area contributed by atoms with Crippen LogP contribution in [0.3, 0.4) is 0 Å². The molecule has 0 bridgehead atoms. The molecule has 1 fully saturated rings. The summed E-state index contributed by atoms with van der Waals surface area (Å²) in [4.78, 5) is 14.8. The van der Waals surface area contributed by atoms with E-state index in [1.807, 2.05) is 0 Å². The molecule has 0 unspecified atom stereocenters. The number of nitrogens with zero attached hydrogens (tertiary/aromatic N) is 1. The predicted octanol–water partition coefficient (Wildman–Crippen LogP) is 1.36. The molecule has 0 spiro atoms. The standard InChI is InChI=1S/C16H27NO4/c1-11(2)16(19,12(3)20-4)15(18)21-10-13-7-9-17-8-5-6-14(13)17/h7,11-12,14,19H,5-6,8-10H2,1-4H3/t12-,14-,16+/m0/s1. The molecular formula is C16H27NO4. The Kier molecular flexibility index (Phi) is 5.07. The summed E-state index contributed by atoms with van der Waals surface area (Å²) in [5.74, 6) is -0.871. The molecule has 21 heavy (non-hydrogen) atoms. The number of hydrogen-bond donors (Lipinski definition) is 1. The molecule has 0 radical (unpaired) electrons. The van der Waals surface area contributed by atoms with Gasteiger partial charge in [0.25, 0.3) is 0 Å². The number of carbonyl (C=O) groups is 1. The molecule has 2 rings (SSSR count). The zero-order valence-corrected chi connectivity index (χ0v) is 13.5. The molecule has 1 N–H and O–H groups in total. The van der Waals surface area contributed by atoms with Gasteiger partial charge < -0.3 is 14.6 Å². The average molecular weight is 297 g/mol. The number of rotatable bonds is 6. The van der Waals surface area contributed by atoms with Gasteiger partial charge in [-0.1, -0.05) is 19.9 Å². The summed E-state index contributed by atoms with van der Waals surface area (Å²) >= 11 is 0. The van der Waals surface area contributed by atoms with E-state index in [0.29, 0.717) is 6.04 Å². The van der Waals surface area contributed by atoms with Crippen molar-refractivity contribution in [2.24, 2.45) is 5.92 Å². The van der Waals surface area contributed by atoms with Crippen molar-refractivity contribution < 1.29 is 19.4 Å². The summed E-state index contributed by atoms with van der Waals surface area (Å²) in [6.45, 7) is 7.62. The number of methoxy groups -OCH3 is 1. The number of ether oxygens (including phenoxy) is 2. The van der Waals surface area contributed by atoms with Gasteiger partial charge in [0, 0.05) is 19.7 Å². The molecule has 3 atom stereocenters. The largest absolute Gasteiger partial charge is 0.459 e. The van der Waals surface area contributed by atoms with Gasteiger partial charge in [0.05, 0.1) is 6.10 Å². The van der Waals surface area contributed by atoms with Crippen molar-refractivity contribution in [2.45, 2.75) is 51.4 Å². The number of esters is 1. The summed E-state index contributed by atoms with van der Waals surface area (Å²) < 4.78 is 10.6. The Balaban J connectivity index is 1.97. The van der Waals surface area contributed by atoms with Crippen LogP contribution >= 0.6 is 0 Å². The highest BCUT2D eigenvalue weighted by atomic mass is 16.6. The van der Waals surface area contributed by atoms with E-state index < -0.39 is 17.7 Å². The van der Waals surface area contributed by atoms with E-state index in [0.717, 1.165) is 25.1 Å². The van der Waals surface area contributed by atoms with E-state index in [4.69, 9.17) is 9.47 Å². The van der Waals surface area contributed by atoms with Crippen molar-refractivity contribution in [3.63, 3.8) is 0 Å². The van der Waals surface area contributed by atoms with Gasteiger partial charge in [0.1, 0.15) is 6.61 Å². The summed E-state index contributed by atoms with van der Waals surface area (Å²) in [7, 11) is 1.49. The smallest absolute Gasteiger partial charge is 0.341 e. The second kappa shape index (κ2) is 6.46. The van der Waals surface area contributed by atoms with Crippen molar-refractivity contribution in [1.82, 2.24) is 4.90 Å². The fourth-order valence-electron chi connectivity index (χ4n) is 3.31. The van der Waals surface area contributed by atoms with Gasteiger partial charge >= 0.3 is 5.97 Å². The normalized spacial score (nSPS) is 26.4. The Hall–Kier alpha value is -0.910. The molecule has 5 nitrogen and oxygen atoms in total. The Morgan fingerprint density at radius 3 is 2.86 bits per heavy atom. The van der Waals surface area contributed by atoms with Crippen molar-refractivity contribution >= 4 is 5.97 Å². The maximum atomic E-state index is 12.4. The lowest BCUT2D eigenvalue weighted by Gasteiger charge is -2.34. The Morgan fingerprint density at radius 2 is 2.24 bits per heavy atom. The number of carbonyl (C=O) groups excluding carboxylic acids is 1. The zero-order valence-electron chi connectivity index (χ0n) is 13.5. The first-order chi connectivity index (χ1) is 9.91. The van der Waals surface area contributed by atoms with Crippen LogP contribution in [-0.2, 0) is 14.3 Å². The van der Waals surface area contributed by atoms with Crippen LogP contribution in [0.4, 0.5) is 0 Å². The molecule has 0 aromatic carbocycles. The van der Waals surface area contributed by atoms with Crippen LogP contribution in [0.25, 0.3) is 0 Å². The minimum absolute atomic E-state index is 0.269. The highest BCUT2D eigenvalue weighted by Crippen LogP contribution is 2.30. The van der Waals surface area contributed by atoms with Crippen LogP contribution in [0.5, 0.6) is 0 Å². The fourth-order valence-corrected chi connectivity index (χ4v) is 3.31. The van der Waals surface area contributed by atoms with Crippen molar-refractivity contribution in [3.8, 4) is 0 Å². The van der Waals surface area contributed by atoms with E-state index in [9.17, 15) is 9.90 Å². The molecule has 0 aliphatic carbocycles. The molecule has 2 aliphatic rings. The molecule has 1 saturated heterocycles. The van der Waals surface area contributed by atoms with E-state index in [2.05, 4.69) is 11.0 Å². The molecule has 5 heteroatoms. The monoisotopic (exact) mass is 297 g/mol. The molecule has 0 aromatic heterocycles. The quantitative estimate of drug-likeness (QED) is 0.592. The number of hydrogen-bond acceptors (Lipinski definition) is 5. The van der Waals surface area contributed by atoms with Crippen molar-refractivity contribution in [3.05, 3.63) is 11.6 Å². The van der Waals surface area contributed by atoms with Gasteiger partial charge in [-0.2, -0.15) is 0 Å². The molecule has 2 heterocycles. The Morgan fingerprint density at radius 1 is 1.52 bits per heavy atom. The zero-order chi connectivity index (χ0) is 15.6. The van der Waals surface area contributed by atoms with E-state index in [1.54, 1.807) is 20.8 Å². The Labute approximate surface area is 126 Å². The molecule has 0 aromatic rings. The van der Waals surface area contributed by atoms with Gasteiger partial charge in [0.2, 0.25) is 0 Å². The summed E-state index contributed by atoms with van der Waals surface area (Å²) in [5, 5.41) is 10.7. The van der Waals surface area contributed by atoms with Crippen molar-refractivity contribution in [1.29, 1.82) is 0 Å². The predicted molar refractivity (Wildman–Crippen MR) is 79.9 cm³/mol. The first-order valence-corrected chi connectivity index (χ1v) is 7.76. The van der Waals surface area contributed by atoms with E-state index >= 15 is 0 Å². The van der Waals surface area contributed by atoms with Gasteiger partial charge in [-0.15, -0.1) is 0 Å². The second-order valence-corrected chi connectivity index (χ2v) is 6.37. The number of fused-ring (bicyclic) bond motifs is 1. The van der Waals surface area contributed by atoms with E-state index in [1.165, 1.54) is 13.5 Å². The summed E-state index contributed by atoms with van der Waals surface area (Å²) in [6, 6.07) is 0.421. The first-order valence-electron chi connectivity index (χ1n) is 7.76. The third-order valence-electron chi connectivity index (χ3n) is 4.93. The third kappa shape index (κ3) is 3.00. The van der Waals surface area contributed by atoms with Gasteiger partial charge in [-0.3, -0.25) is 4.90 Å². The molecular weight excluding hydrogens is 270 g/mol. The third-order valence-corrected chi connectivity index (χ3v) is 4.93. The molecule has 0 amide bonds. The Bertz CT molecular complexity index is 421. The SMILES string of the molecule is CO[C@@H](C)[C@@](O)(C(=O)OCC1=CCN2CCC[C@@H]12)C(C)C. The minimum atomic E-state index is -1.61. The molecule has 120 valence electrons. The summed E-state index contributed by atoms with van der Waals surface area (Å²) in [6.07, 6.45) is 3.87. The van der Waals surface area contributed by atoms with E-state index in [-0.39, 0.29) is 12.5 Å². The van der Waals surface area contributed by atoms with Crippen LogP contribution in [0.1, 0.15) is 33.6 Å². The lowest BCUT2D eigenvalue weighted by atomic mass is 9.85. The lowest BCUT2D eigenvalue weighted by Crippen LogP contribution is -2.54. The highest BCUT2D eigenvalue weighted by Gasteiger charge is 2.47. The highest BCUT2D eigenvalue weighted by molar-refractivity contribution is 5.80. The van der Waals surface area contributed by atoms with Gasteiger partial charge in [-0.05, 0) is 37.8 Å².